The Kier molecular flexibility index (Phi) is 4.97. The van der Waals surface area contributed by atoms with E-state index in [0.29, 0.717) is 24.0 Å². The first-order valence-corrected chi connectivity index (χ1v) is 11.8. The first-order valence-electron chi connectivity index (χ1n) is 10.1. The monoisotopic (exact) mass is 407 g/mol. The molecule has 0 bridgehead atoms. The molecule has 3 atom stereocenters. The van der Waals surface area contributed by atoms with Crippen molar-refractivity contribution in [3.8, 4) is 0 Å². The molecule has 3 aliphatic heterocycles. The van der Waals surface area contributed by atoms with E-state index in [1.165, 1.54) is 6.42 Å². The molecule has 2 fully saturated rings. The third-order valence-electron chi connectivity index (χ3n) is 5.96. The van der Waals surface area contributed by atoms with Gasteiger partial charge in [0.25, 0.3) is 0 Å². The van der Waals surface area contributed by atoms with Crippen LogP contribution in [0.2, 0.25) is 0 Å². The standard InChI is InChI=1S/C19H29N5O3S/c1-12(2)21-19(25)24-9-15-16(10-24)28(26,27)11-14-7-20-18(22-17(14)15)23-6-4-5-13(3)8-23/h7,12-13,15-16H,4-6,8-11H2,1-3H3,(H,21,25)/t13?,15-,16+/m0/s1. The molecule has 9 heteroatoms. The number of rotatable bonds is 2. The number of aromatic nitrogens is 2. The molecule has 0 radical (unpaired) electrons. The summed E-state index contributed by atoms with van der Waals surface area (Å²) in [6, 6.07) is -0.200. The fourth-order valence-electron chi connectivity index (χ4n) is 4.59. The van der Waals surface area contributed by atoms with Crippen molar-refractivity contribution in [1.29, 1.82) is 0 Å². The molecule has 4 heterocycles. The van der Waals surface area contributed by atoms with E-state index >= 15 is 0 Å². The van der Waals surface area contributed by atoms with Crippen molar-refractivity contribution in [3.05, 3.63) is 17.5 Å². The smallest absolute Gasteiger partial charge is 0.317 e. The number of carbonyl (C=O) groups excluding carboxylic acids is 1. The molecule has 0 aromatic carbocycles. The van der Waals surface area contributed by atoms with Crippen LogP contribution in [0.25, 0.3) is 0 Å². The largest absolute Gasteiger partial charge is 0.341 e. The van der Waals surface area contributed by atoms with Gasteiger partial charge in [0.2, 0.25) is 5.95 Å². The Morgan fingerprint density at radius 1 is 1.29 bits per heavy atom. The van der Waals surface area contributed by atoms with Crippen molar-refractivity contribution in [1.82, 2.24) is 20.2 Å². The van der Waals surface area contributed by atoms with Crippen LogP contribution in [0.3, 0.4) is 0 Å². The summed E-state index contributed by atoms with van der Waals surface area (Å²) in [6.07, 6.45) is 4.01. The second-order valence-electron chi connectivity index (χ2n) is 8.74. The van der Waals surface area contributed by atoms with E-state index in [1.807, 2.05) is 13.8 Å². The summed E-state index contributed by atoms with van der Waals surface area (Å²) in [6.45, 7) is 8.48. The molecule has 2 saturated heterocycles. The van der Waals surface area contributed by atoms with Crippen molar-refractivity contribution in [2.45, 2.75) is 56.6 Å². The van der Waals surface area contributed by atoms with E-state index in [4.69, 9.17) is 4.98 Å². The van der Waals surface area contributed by atoms with Gasteiger partial charge in [-0.2, -0.15) is 0 Å². The summed E-state index contributed by atoms with van der Waals surface area (Å²) < 4.78 is 25.6. The molecule has 2 amide bonds. The Hall–Kier alpha value is -1.90. The average Bonchev–Trinajstić information content (AvgIpc) is 3.08. The van der Waals surface area contributed by atoms with Crippen LogP contribution in [0.5, 0.6) is 0 Å². The lowest BCUT2D eigenvalue weighted by atomic mass is 9.99. The predicted molar refractivity (Wildman–Crippen MR) is 107 cm³/mol. The molecule has 0 saturated carbocycles. The van der Waals surface area contributed by atoms with Crippen LogP contribution in [0.15, 0.2) is 6.20 Å². The van der Waals surface area contributed by atoms with Gasteiger partial charge in [0.05, 0.1) is 16.7 Å². The molecule has 4 rings (SSSR count). The van der Waals surface area contributed by atoms with Crippen LogP contribution in [-0.2, 0) is 15.6 Å². The van der Waals surface area contributed by atoms with E-state index in [2.05, 4.69) is 22.1 Å². The molecule has 1 aromatic rings. The number of hydrogen-bond acceptors (Lipinski definition) is 6. The Morgan fingerprint density at radius 2 is 2.07 bits per heavy atom. The van der Waals surface area contributed by atoms with Crippen LogP contribution in [0.1, 0.15) is 50.8 Å². The maximum Gasteiger partial charge on any atom is 0.317 e. The quantitative estimate of drug-likeness (QED) is 0.799. The van der Waals surface area contributed by atoms with Gasteiger partial charge in [-0.1, -0.05) is 6.92 Å². The lowest BCUT2D eigenvalue weighted by Gasteiger charge is -2.32. The fourth-order valence-corrected chi connectivity index (χ4v) is 6.59. The maximum atomic E-state index is 12.8. The highest BCUT2D eigenvalue weighted by Crippen LogP contribution is 2.39. The van der Waals surface area contributed by atoms with Crippen LogP contribution >= 0.6 is 0 Å². The molecule has 1 N–H and O–H groups in total. The van der Waals surface area contributed by atoms with Gasteiger partial charge in [0.1, 0.15) is 0 Å². The van der Waals surface area contributed by atoms with E-state index in [9.17, 15) is 13.2 Å². The molecule has 0 spiro atoms. The number of sulfone groups is 1. The molecule has 1 aromatic heterocycles. The van der Waals surface area contributed by atoms with E-state index < -0.39 is 15.1 Å². The Morgan fingerprint density at radius 3 is 2.79 bits per heavy atom. The first kappa shape index (κ1) is 19.4. The normalized spacial score (nSPS) is 28.8. The van der Waals surface area contributed by atoms with Crippen LogP contribution in [-0.4, -0.2) is 66.8 Å². The number of carbonyl (C=O) groups is 1. The number of anilines is 1. The summed E-state index contributed by atoms with van der Waals surface area (Å²) in [7, 11) is -3.33. The van der Waals surface area contributed by atoms with Gasteiger partial charge >= 0.3 is 6.03 Å². The minimum atomic E-state index is -3.33. The highest BCUT2D eigenvalue weighted by molar-refractivity contribution is 7.91. The first-order chi connectivity index (χ1) is 13.2. The molecular formula is C19H29N5O3S. The zero-order valence-electron chi connectivity index (χ0n) is 16.8. The minimum absolute atomic E-state index is 0.00837. The van der Waals surface area contributed by atoms with Crippen LogP contribution in [0.4, 0.5) is 10.7 Å². The van der Waals surface area contributed by atoms with Gasteiger partial charge in [0, 0.05) is 49.9 Å². The number of likely N-dealkylation sites (tertiary alicyclic amines) is 1. The number of nitrogens with zero attached hydrogens (tertiary/aromatic N) is 4. The van der Waals surface area contributed by atoms with Gasteiger partial charge in [-0.3, -0.25) is 0 Å². The predicted octanol–water partition coefficient (Wildman–Crippen LogP) is 1.53. The van der Waals surface area contributed by atoms with Gasteiger partial charge in [-0.15, -0.1) is 0 Å². The second kappa shape index (κ2) is 7.17. The van der Waals surface area contributed by atoms with Crippen molar-refractivity contribution >= 4 is 21.8 Å². The molecule has 0 aliphatic carbocycles. The van der Waals surface area contributed by atoms with Gasteiger partial charge < -0.3 is 15.1 Å². The fraction of sp³-hybridized carbons (Fsp3) is 0.737. The third-order valence-corrected chi connectivity index (χ3v) is 8.07. The highest BCUT2D eigenvalue weighted by Gasteiger charge is 2.48. The summed E-state index contributed by atoms with van der Waals surface area (Å²) in [5, 5.41) is 2.28. The topological polar surface area (TPSA) is 95.5 Å². The summed E-state index contributed by atoms with van der Waals surface area (Å²) in [4.78, 5) is 25.6. The van der Waals surface area contributed by atoms with E-state index in [-0.39, 0.29) is 30.3 Å². The molecule has 154 valence electrons. The third kappa shape index (κ3) is 3.56. The lowest BCUT2D eigenvalue weighted by Crippen LogP contribution is -2.42. The van der Waals surface area contributed by atoms with Crippen molar-refractivity contribution in [2.75, 3.05) is 31.1 Å². The zero-order chi connectivity index (χ0) is 20.1. The summed E-state index contributed by atoms with van der Waals surface area (Å²) in [5.74, 6) is 0.965. The van der Waals surface area contributed by atoms with Gasteiger partial charge in [-0.25, -0.2) is 23.2 Å². The van der Waals surface area contributed by atoms with E-state index in [1.54, 1.807) is 11.1 Å². The Bertz CT molecular complexity index is 872. The molecule has 8 nitrogen and oxygen atoms in total. The lowest BCUT2D eigenvalue weighted by molar-refractivity contribution is 0.205. The van der Waals surface area contributed by atoms with E-state index in [0.717, 1.165) is 25.2 Å². The number of nitrogens with one attached hydrogen (secondary N) is 1. The molecular weight excluding hydrogens is 378 g/mol. The Balaban J connectivity index is 1.64. The highest BCUT2D eigenvalue weighted by atomic mass is 32.2. The number of hydrogen-bond donors (Lipinski definition) is 1. The van der Waals surface area contributed by atoms with Gasteiger partial charge in [-0.05, 0) is 32.6 Å². The molecule has 28 heavy (non-hydrogen) atoms. The zero-order valence-corrected chi connectivity index (χ0v) is 17.6. The average molecular weight is 408 g/mol. The number of fused-ring (bicyclic) bond motifs is 3. The number of urea groups is 1. The van der Waals surface area contributed by atoms with Crippen LogP contribution in [0, 0.1) is 5.92 Å². The van der Waals surface area contributed by atoms with Gasteiger partial charge in [0.15, 0.2) is 9.84 Å². The Labute approximate surface area is 166 Å². The maximum absolute atomic E-state index is 12.8. The van der Waals surface area contributed by atoms with Crippen molar-refractivity contribution in [3.63, 3.8) is 0 Å². The molecule has 3 aliphatic rings. The summed E-state index contributed by atoms with van der Waals surface area (Å²) >= 11 is 0. The summed E-state index contributed by atoms with van der Waals surface area (Å²) in [5.41, 5.74) is 1.49. The van der Waals surface area contributed by atoms with Crippen LogP contribution < -0.4 is 10.2 Å². The minimum Gasteiger partial charge on any atom is -0.341 e. The molecule has 1 unspecified atom stereocenters. The number of piperidine rings is 1. The van der Waals surface area contributed by atoms with Crippen molar-refractivity contribution in [2.24, 2.45) is 5.92 Å². The SMILES string of the molecule is CC1CCCN(c2ncc3c(n2)[C@H]2CN(C(=O)NC(C)C)C[C@H]2S(=O)(=O)C3)C1. The number of amides is 2. The second-order valence-corrected chi connectivity index (χ2v) is 11.0. The van der Waals surface area contributed by atoms with Crippen molar-refractivity contribution < 1.29 is 13.2 Å².